The molecule has 3 rings (SSSR count). The zero-order chi connectivity index (χ0) is 13.8. The van der Waals surface area contributed by atoms with Crippen LogP contribution in [-0.4, -0.2) is 14.8 Å². The fourth-order valence-electron chi connectivity index (χ4n) is 1.89. The first-order valence-electron chi connectivity index (χ1n) is 6.25. The number of benzene rings is 1. The molecule has 0 saturated heterocycles. The zero-order valence-corrected chi connectivity index (χ0v) is 11.5. The molecule has 0 aliphatic rings. The third kappa shape index (κ3) is 2.81. The van der Waals surface area contributed by atoms with Gasteiger partial charge < -0.3 is 5.32 Å². The zero-order valence-electron chi connectivity index (χ0n) is 10.7. The van der Waals surface area contributed by atoms with Crippen LogP contribution in [0.5, 0.6) is 0 Å². The minimum Gasteiger partial charge on any atom is -0.378 e. The van der Waals surface area contributed by atoms with Gasteiger partial charge in [-0.15, -0.1) is 0 Å². The van der Waals surface area contributed by atoms with Gasteiger partial charge in [-0.05, 0) is 29.8 Å². The van der Waals surface area contributed by atoms with E-state index in [-0.39, 0.29) is 0 Å². The lowest BCUT2D eigenvalue weighted by Crippen LogP contribution is -1.98. The van der Waals surface area contributed by atoms with Crippen molar-refractivity contribution in [2.24, 2.45) is 0 Å². The van der Waals surface area contributed by atoms with E-state index in [0.717, 1.165) is 17.9 Å². The molecule has 0 spiro atoms. The fourth-order valence-corrected chi connectivity index (χ4v) is 2.11. The first kappa shape index (κ1) is 12.7. The SMILES string of the molecule is Clc1ccccc1-n1cc(NCc2ccncc2)cn1. The Morgan fingerprint density at radius 1 is 1.10 bits per heavy atom. The highest BCUT2D eigenvalue weighted by Crippen LogP contribution is 2.20. The molecule has 2 aromatic heterocycles. The minimum atomic E-state index is 0.677. The highest BCUT2D eigenvalue weighted by atomic mass is 35.5. The quantitative estimate of drug-likeness (QED) is 0.797. The van der Waals surface area contributed by atoms with Crippen LogP contribution >= 0.6 is 11.6 Å². The van der Waals surface area contributed by atoms with Crippen molar-refractivity contribution in [3.8, 4) is 5.69 Å². The van der Waals surface area contributed by atoms with Crippen LogP contribution in [0.2, 0.25) is 5.02 Å². The summed E-state index contributed by atoms with van der Waals surface area (Å²) in [6.07, 6.45) is 7.27. The van der Waals surface area contributed by atoms with Crippen molar-refractivity contribution in [3.05, 3.63) is 71.8 Å². The maximum absolute atomic E-state index is 6.15. The Hall–Kier alpha value is -2.33. The Labute approximate surface area is 122 Å². The lowest BCUT2D eigenvalue weighted by Gasteiger charge is -2.04. The van der Waals surface area contributed by atoms with Crippen molar-refractivity contribution < 1.29 is 0 Å². The Bertz CT molecular complexity index is 694. The molecule has 0 saturated carbocycles. The Balaban J connectivity index is 1.73. The third-order valence-electron chi connectivity index (χ3n) is 2.93. The van der Waals surface area contributed by atoms with E-state index in [2.05, 4.69) is 15.4 Å². The van der Waals surface area contributed by atoms with Crippen molar-refractivity contribution in [1.82, 2.24) is 14.8 Å². The molecule has 2 heterocycles. The number of rotatable bonds is 4. The van der Waals surface area contributed by atoms with Gasteiger partial charge in [-0.2, -0.15) is 5.10 Å². The number of hydrogen-bond acceptors (Lipinski definition) is 3. The second-order valence-corrected chi connectivity index (χ2v) is 4.74. The van der Waals surface area contributed by atoms with Gasteiger partial charge in [-0.3, -0.25) is 4.98 Å². The Kier molecular flexibility index (Phi) is 3.65. The summed E-state index contributed by atoms with van der Waals surface area (Å²) in [6.45, 7) is 0.733. The first-order valence-corrected chi connectivity index (χ1v) is 6.63. The number of aromatic nitrogens is 3. The molecule has 20 heavy (non-hydrogen) atoms. The molecule has 100 valence electrons. The number of pyridine rings is 1. The maximum atomic E-state index is 6.15. The molecule has 0 bridgehead atoms. The number of hydrogen-bond donors (Lipinski definition) is 1. The number of nitrogens with one attached hydrogen (secondary N) is 1. The standard InChI is InChI=1S/C15H13ClN4/c16-14-3-1-2-4-15(14)20-11-13(10-19-20)18-9-12-5-7-17-8-6-12/h1-8,10-11,18H,9H2. The summed E-state index contributed by atoms with van der Waals surface area (Å²) in [7, 11) is 0. The lowest BCUT2D eigenvalue weighted by molar-refractivity contribution is 0.881. The monoisotopic (exact) mass is 284 g/mol. The Morgan fingerprint density at radius 3 is 2.70 bits per heavy atom. The Morgan fingerprint density at radius 2 is 1.90 bits per heavy atom. The lowest BCUT2D eigenvalue weighted by atomic mass is 10.3. The second-order valence-electron chi connectivity index (χ2n) is 4.33. The summed E-state index contributed by atoms with van der Waals surface area (Å²) < 4.78 is 1.76. The molecule has 4 nitrogen and oxygen atoms in total. The first-order chi connectivity index (χ1) is 9.83. The van der Waals surface area contributed by atoms with Gasteiger partial charge in [-0.1, -0.05) is 23.7 Å². The van der Waals surface area contributed by atoms with E-state index in [4.69, 9.17) is 11.6 Å². The molecule has 0 unspecified atom stereocenters. The van der Waals surface area contributed by atoms with E-state index >= 15 is 0 Å². The van der Waals surface area contributed by atoms with Crippen LogP contribution in [0.25, 0.3) is 5.69 Å². The predicted octanol–water partition coefficient (Wildman–Crippen LogP) is 3.53. The molecule has 0 radical (unpaired) electrons. The van der Waals surface area contributed by atoms with Crippen LogP contribution in [0.15, 0.2) is 61.2 Å². The van der Waals surface area contributed by atoms with Crippen LogP contribution in [0, 0.1) is 0 Å². The molecule has 5 heteroatoms. The van der Waals surface area contributed by atoms with Gasteiger partial charge >= 0.3 is 0 Å². The average Bonchev–Trinajstić information content (AvgIpc) is 2.95. The van der Waals surface area contributed by atoms with E-state index in [9.17, 15) is 0 Å². The highest BCUT2D eigenvalue weighted by Gasteiger charge is 2.04. The number of halogens is 1. The molecule has 0 aliphatic heterocycles. The van der Waals surface area contributed by atoms with Gasteiger partial charge in [0.1, 0.15) is 0 Å². The summed E-state index contributed by atoms with van der Waals surface area (Å²) in [4.78, 5) is 3.99. The molecule has 1 aromatic carbocycles. The molecular weight excluding hydrogens is 272 g/mol. The van der Waals surface area contributed by atoms with Gasteiger partial charge in [0.15, 0.2) is 0 Å². The topological polar surface area (TPSA) is 42.7 Å². The van der Waals surface area contributed by atoms with Crippen molar-refractivity contribution >= 4 is 17.3 Å². The van der Waals surface area contributed by atoms with Gasteiger partial charge in [0.2, 0.25) is 0 Å². The van der Waals surface area contributed by atoms with Crippen molar-refractivity contribution in [1.29, 1.82) is 0 Å². The molecule has 1 N–H and O–H groups in total. The summed E-state index contributed by atoms with van der Waals surface area (Å²) >= 11 is 6.15. The van der Waals surface area contributed by atoms with Crippen LogP contribution in [0.1, 0.15) is 5.56 Å². The number of nitrogens with zero attached hydrogens (tertiary/aromatic N) is 3. The van der Waals surface area contributed by atoms with E-state index in [1.807, 2.05) is 42.6 Å². The third-order valence-corrected chi connectivity index (χ3v) is 3.25. The van der Waals surface area contributed by atoms with Gasteiger partial charge in [0, 0.05) is 18.9 Å². The molecule has 3 aromatic rings. The normalized spacial score (nSPS) is 10.4. The average molecular weight is 285 g/mol. The van der Waals surface area contributed by atoms with Gasteiger partial charge in [0.25, 0.3) is 0 Å². The van der Waals surface area contributed by atoms with Crippen LogP contribution in [-0.2, 0) is 6.54 Å². The smallest absolute Gasteiger partial charge is 0.0832 e. The van der Waals surface area contributed by atoms with Crippen LogP contribution in [0.4, 0.5) is 5.69 Å². The number of anilines is 1. The van der Waals surface area contributed by atoms with E-state index in [1.54, 1.807) is 23.3 Å². The molecule has 0 atom stereocenters. The second kappa shape index (κ2) is 5.75. The van der Waals surface area contributed by atoms with E-state index < -0.39 is 0 Å². The summed E-state index contributed by atoms with van der Waals surface area (Å²) in [6, 6.07) is 11.6. The summed E-state index contributed by atoms with van der Waals surface area (Å²) in [5.41, 5.74) is 2.98. The minimum absolute atomic E-state index is 0.677. The molecule has 0 fully saturated rings. The van der Waals surface area contributed by atoms with E-state index in [0.29, 0.717) is 5.02 Å². The molecule has 0 aliphatic carbocycles. The molecular formula is C15H13ClN4. The molecule has 0 amide bonds. The van der Waals surface area contributed by atoms with E-state index in [1.165, 1.54) is 5.56 Å². The van der Waals surface area contributed by atoms with Crippen molar-refractivity contribution in [2.75, 3.05) is 5.32 Å². The van der Waals surface area contributed by atoms with Crippen molar-refractivity contribution in [3.63, 3.8) is 0 Å². The largest absolute Gasteiger partial charge is 0.378 e. The predicted molar refractivity (Wildman–Crippen MR) is 80.1 cm³/mol. The van der Waals surface area contributed by atoms with Gasteiger partial charge in [0.05, 0.1) is 28.8 Å². The van der Waals surface area contributed by atoms with Crippen LogP contribution < -0.4 is 5.32 Å². The number of para-hydroxylation sites is 1. The van der Waals surface area contributed by atoms with Crippen LogP contribution in [0.3, 0.4) is 0 Å². The summed E-state index contributed by atoms with van der Waals surface area (Å²) in [5.74, 6) is 0. The summed E-state index contributed by atoms with van der Waals surface area (Å²) in [5, 5.41) is 8.31. The van der Waals surface area contributed by atoms with Crippen molar-refractivity contribution in [2.45, 2.75) is 6.54 Å². The van der Waals surface area contributed by atoms with Gasteiger partial charge in [-0.25, -0.2) is 4.68 Å². The highest BCUT2D eigenvalue weighted by molar-refractivity contribution is 6.32. The maximum Gasteiger partial charge on any atom is 0.0832 e. The fraction of sp³-hybridized carbons (Fsp3) is 0.0667.